The van der Waals surface area contributed by atoms with Gasteiger partial charge in [0.1, 0.15) is 0 Å². The second kappa shape index (κ2) is 5.37. The van der Waals surface area contributed by atoms with Crippen molar-refractivity contribution >= 4 is 23.2 Å². The summed E-state index contributed by atoms with van der Waals surface area (Å²) in [6, 6.07) is 3.82. The van der Waals surface area contributed by atoms with Gasteiger partial charge in [-0.2, -0.15) is 0 Å². The lowest BCUT2D eigenvalue weighted by atomic mass is 9.85. The molecule has 1 aliphatic carbocycles. The molecule has 22 heavy (non-hydrogen) atoms. The molecule has 2 aliphatic heterocycles. The number of amides is 2. The van der Waals surface area contributed by atoms with Crippen LogP contribution < -0.4 is 0 Å². The molecule has 3 aliphatic rings. The van der Waals surface area contributed by atoms with Crippen LogP contribution in [0.4, 0.5) is 0 Å². The highest BCUT2D eigenvalue weighted by molar-refractivity contribution is 7.12. The number of rotatable bonds is 3. The van der Waals surface area contributed by atoms with Crippen LogP contribution in [-0.4, -0.2) is 46.8 Å². The number of carbonyl (C=O) groups is 2. The average molecular weight is 318 g/mol. The smallest absolute Gasteiger partial charge is 0.264 e. The second-order valence-corrected chi connectivity index (χ2v) is 7.96. The Hall–Kier alpha value is -1.36. The maximum absolute atomic E-state index is 12.9. The zero-order valence-corrected chi connectivity index (χ0v) is 13.6. The van der Waals surface area contributed by atoms with Crippen LogP contribution in [0.5, 0.6) is 0 Å². The summed E-state index contributed by atoms with van der Waals surface area (Å²) in [6.45, 7) is 2.45. The van der Waals surface area contributed by atoms with Gasteiger partial charge >= 0.3 is 0 Å². The average Bonchev–Trinajstić information content (AvgIpc) is 3.05. The number of likely N-dealkylation sites (tertiary alicyclic amines) is 2. The molecule has 1 saturated carbocycles. The van der Waals surface area contributed by atoms with E-state index >= 15 is 0 Å². The van der Waals surface area contributed by atoms with Gasteiger partial charge in [-0.05, 0) is 49.5 Å². The van der Waals surface area contributed by atoms with Crippen molar-refractivity contribution in [2.75, 3.05) is 19.6 Å². The summed E-state index contributed by atoms with van der Waals surface area (Å²) in [7, 11) is 0. The molecule has 3 heterocycles. The van der Waals surface area contributed by atoms with Crippen molar-refractivity contribution in [3.05, 3.63) is 22.4 Å². The molecule has 5 heteroatoms. The van der Waals surface area contributed by atoms with Crippen LogP contribution >= 0.6 is 11.3 Å². The molecular weight excluding hydrogens is 296 g/mol. The molecule has 1 spiro atoms. The summed E-state index contributed by atoms with van der Waals surface area (Å²) < 4.78 is 0. The van der Waals surface area contributed by atoms with E-state index in [4.69, 9.17) is 0 Å². The van der Waals surface area contributed by atoms with Gasteiger partial charge in [0.2, 0.25) is 5.91 Å². The molecule has 1 aromatic rings. The normalized spacial score (nSPS) is 28.6. The standard InChI is InChI=1S/C17H22N2O2S/c20-15-10-17(12-18(15)11-13-5-6-13)7-1-2-8-19(17)16(21)14-4-3-9-22-14/h3-4,9,13H,1-2,5-8,10-12H2/t17-/m1/s1. The van der Waals surface area contributed by atoms with Gasteiger partial charge in [0.15, 0.2) is 0 Å². The Morgan fingerprint density at radius 2 is 2.23 bits per heavy atom. The summed E-state index contributed by atoms with van der Waals surface area (Å²) in [5.41, 5.74) is -0.245. The molecule has 3 fully saturated rings. The van der Waals surface area contributed by atoms with E-state index in [0.717, 1.165) is 43.8 Å². The largest absolute Gasteiger partial charge is 0.340 e. The van der Waals surface area contributed by atoms with E-state index in [-0.39, 0.29) is 17.4 Å². The van der Waals surface area contributed by atoms with Crippen molar-refractivity contribution in [2.24, 2.45) is 5.92 Å². The fraction of sp³-hybridized carbons (Fsp3) is 0.647. The Kier molecular flexibility index (Phi) is 3.48. The molecule has 0 unspecified atom stereocenters. The fourth-order valence-corrected chi connectivity index (χ4v) is 4.64. The van der Waals surface area contributed by atoms with E-state index in [2.05, 4.69) is 0 Å². The van der Waals surface area contributed by atoms with E-state index in [1.807, 2.05) is 27.3 Å². The number of nitrogens with zero attached hydrogens (tertiary/aromatic N) is 2. The maximum Gasteiger partial charge on any atom is 0.264 e. The Morgan fingerprint density at radius 1 is 1.36 bits per heavy atom. The van der Waals surface area contributed by atoms with E-state index in [9.17, 15) is 9.59 Å². The van der Waals surface area contributed by atoms with Crippen LogP contribution in [0.1, 0.15) is 48.2 Å². The Labute approximate surface area is 135 Å². The lowest BCUT2D eigenvalue weighted by Gasteiger charge is -2.44. The van der Waals surface area contributed by atoms with E-state index in [1.165, 1.54) is 24.2 Å². The van der Waals surface area contributed by atoms with Crippen molar-refractivity contribution in [3.63, 3.8) is 0 Å². The molecule has 1 aromatic heterocycles. The molecule has 2 amide bonds. The minimum absolute atomic E-state index is 0.121. The summed E-state index contributed by atoms with van der Waals surface area (Å²) in [4.78, 5) is 30.2. The SMILES string of the molecule is O=C1C[C@]2(CCCCN2C(=O)c2cccs2)CN1CC1CC1. The molecule has 1 atom stereocenters. The van der Waals surface area contributed by atoms with Crippen molar-refractivity contribution in [2.45, 2.75) is 44.1 Å². The van der Waals surface area contributed by atoms with Gasteiger partial charge in [-0.1, -0.05) is 6.07 Å². The van der Waals surface area contributed by atoms with Crippen LogP contribution in [0.15, 0.2) is 17.5 Å². The lowest BCUT2D eigenvalue weighted by Crippen LogP contribution is -2.56. The topological polar surface area (TPSA) is 40.6 Å². The molecule has 4 nitrogen and oxygen atoms in total. The summed E-state index contributed by atoms with van der Waals surface area (Å²) >= 11 is 1.50. The lowest BCUT2D eigenvalue weighted by molar-refractivity contribution is -0.128. The van der Waals surface area contributed by atoms with Gasteiger partial charge in [0, 0.05) is 19.6 Å². The highest BCUT2D eigenvalue weighted by Gasteiger charge is 2.50. The minimum Gasteiger partial charge on any atom is -0.340 e. The Bertz CT molecular complexity index is 581. The maximum atomic E-state index is 12.9. The van der Waals surface area contributed by atoms with Gasteiger partial charge < -0.3 is 9.80 Å². The zero-order valence-electron chi connectivity index (χ0n) is 12.8. The molecule has 118 valence electrons. The first-order valence-corrected chi connectivity index (χ1v) is 9.19. The third-order valence-corrected chi connectivity index (χ3v) is 6.18. The molecule has 0 bridgehead atoms. The predicted molar refractivity (Wildman–Crippen MR) is 85.9 cm³/mol. The third kappa shape index (κ3) is 2.45. The van der Waals surface area contributed by atoms with Gasteiger partial charge in [-0.3, -0.25) is 9.59 Å². The summed E-state index contributed by atoms with van der Waals surface area (Å²) in [5.74, 6) is 1.08. The highest BCUT2D eigenvalue weighted by Crippen LogP contribution is 2.40. The number of hydrogen-bond acceptors (Lipinski definition) is 3. The van der Waals surface area contributed by atoms with Gasteiger partial charge in [-0.15, -0.1) is 11.3 Å². The molecule has 0 aromatic carbocycles. The number of piperidine rings is 1. The third-order valence-electron chi connectivity index (χ3n) is 5.32. The highest BCUT2D eigenvalue weighted by atomic mass is 32.1. The quantitative estimate of drug-likeness (QED) is 0.860. The van der Waals surface area contributed by atoms with Gasteiger partial charge in [0.05, 0.1) is 16.8 Å². The molecule has 0 N–H and O–H groups in total. The second-order valence-electron chi connectivity index (χ2n) is 7.01. The number of carbonyl (C=O) groups excluding carboxylic acids is 2. The van der Waals surface area contributed by atoms with Crippen molar-refractivity contribution in [3.8, 4) is 0 Å². The first-order chi connectivity index (χ1) is 10.7. The first kappa shape index (κ1) is 14.2. The van der Waals surface area contributed by atoms with E-state index in [0.29, 0.717) is 12.3 Å². The zero-order chi connectivity index (χ0) is 15.2. The van der Waals surface area contributed by atoms with Gasteiger partial charge in [-0.25, -0.2) is 0 Å². The van der Waals surface area contributed by atoms with Crippen LogP contribution in [0, 0.1) is 5.92 Å². The van der Waals surface area contributed by atoms with Crippen LogP contribution in [-0.2, 0) is 4.79 Å². The van der Waals surface area contributed by atoms with Crippen molar-refractivity contribution in [1.82, 2.24) is 9.80 Å². The van der Waals surface area contributed by atoms with E-state index < -0.39 is 0 Å². The molecular formula is C17H22N2O2S. The Morgan fingerprint density at radius 3 is 2.95 bits per heavy atom. The molecule has 4 rings (SSSR count). The number of hydrogen-bond donors (Lipinski definition) is 0. The Balaban J connectivity index is 1.57. The minimum atomic E-state index is -0.245. The van der Waals surface area contributed by atoms with Crippen LogP contribution in [0.2, 0.25) is 0 Å². The van der Waals surface area contributed by atoms with Crippen molar-refractivity contribution in [1.29, 1.82) is 0 Å². The molecule has 0 radical (unpaired) electrons. The van der Waals surface area contributed by atoms with Crippen molar-refractivity contribution < 1.29 is 9.59 Å². The first-order valence-electron chi connectivity index (χ1n) is 8.31. The van der Waals surface area contributed by atoms with Crippen LogP contribution in [0.25, 0.3) is 0 Å². The van der Waals surface area contributed by atoms with Gasteiger partial charge in [0.25, 0.3) is 5.91 Å². The monoisotopic (exact) mass is 318 g/mol. The fourth-order valence-electron chi connectivity index (χ4n) is 3.97. The molecule has 2 saturated heterocycles. The van der Waals surface area contributed by atoms with E-state index in [1.54, 1.807) is 0 Å². The summed E-state index contributed by atoms with van der Waals surface area (Å²) in [5, 5.41) is 1.95. The summed E-state index contributed by atoms with van der Waals surface area (Å²) in [6.07, 6.45) is 6.19. The number of thiophene rings is 1. The predicted octanol–water partition coefficient (Wildman–Crippen LogP) is 2.76. The van der Waals surface area contributed by atoms with Crippen LogP contribution in [0.3, 0.4) is 0 Å².